The molecule has 0 amide bonds. The number of hydrogen-bond acceptors (Lipinski definition) is 4. The maximum atomic E-state index is 9.38. The van der Waals surface area contributed by atoms with Crippen LogP contribution in [-0.4, -0.2) is 24.9 Å². The molecule has 0 aliphatic heterocycles. The van der Waals surface area contributed by atoms with Crippen LogP contribution in [0.25, 0.3) is 5.57 Å². The van der Waals surface area contributed by atoms with Gasteiger partial charge in [-0.3, -0.25) is 0 Å². The second-order valence-electron chi connectivity index (χ2n) is 13.9. The smallest absolute Gasteiger partial charge is 0.115 e. The van der Waals surface area contributed by atoms with E-state index >= 15 is 0 Å². The number of halogens is 1. The molecule has 1 aliphatic rings. The SMILES string of the molecule is [2H]C([2H])(c1ccc(CC)cc1)c1cc(C2=C[C@H](COCc3ccccc3)[C@@H](OCc3ccccc3)[C@H](OCc3ccccc3)[C@H]2OCc2ccccc2)ccc1Cl. The van der Waals surface area contributed by atoms with E-state index in [0.29, 0.717) is 49.2 Å². The summed E-state index contributed by atoms with van der Waals surface area (Å²) in [6.45, 7) is 3.94. The van der Waals surface area contributed by atoms with Crippen LogP contribution in [0.4, 0.5) is 0 Å². The van der Waals surface area contributed by atoms with Gasteiger partial charge in [0.2, 0.25) is 0 Å². The monoisotopic (exact) mass is 750 g/mol. The van der Waals surface area contributed by atoms with Crippen molar-refractivity contribution in [1.29, 1.82) is 0 Å². The maximum Gasteiger partial charge on any atom is 0.115 e. The quantitative estimate of drug-likeness (QED) is 0.0930. The maximum absolute atomic E-state index is 9.38. The van der Waals surface area contributed by atoms with Gasteiger partial charge >= 0.3 is 0 Å². The lowest BCUT2D eigenvalue weighted by Gasteiger charge is -2.42. The minimum atomic E-state index is -1.86. The first kappa shape index (κ1) is 35.9. The molecule has 0 unspecified atom stereocenters. The molecular weight excluding hydrogens is 700 g/mol. The minimum Gasteiger partial charge on any atom is -0.376 e. The summed E-state index contributed by atoms with van der Waals surface area (Å²) in [6.07, 6.45) is -0.416. The van der Waals surface area contributed by atoms with Crippen molar-refractivity contribution in [2.75, 3.05) is 6.61 Å². The molecule has 4 nitrogen and oxygen atoms in total. The summed E-state index contributed by atoms with van der Waals surface area (Å²) in [5, 5.41) is 0.352. The van der Waals surface area contributed by atoms with Gasteiger partial charge in [0.05, 0.1) is 39.1 Å². The molecule has 4 atom stereocenters. The zero-order valence-corrected chi connectivity index (χ0v) is 32.0. The highest BCUT2D eigenvalue weighted by Gasteiger charge is 2.43. The Bertz CT molecular complexity index is 2160. The molecule has 0 radical (unpaired) electrons. The molecule has 5 heteroatoms. The van der Waals surface area contributed by atoms with E-state index in [1.165, 1.54) is 0 Å². The Morgan fingerprint density at radius 1 is 0.527 bits per heavy atom. The van der Waals surface area contributed by atoms with E-state index in [2.05, 4.69) is 61.5 Å². The molecule has 6 aromatic rings. The Kier molecular flexibility index (Phi) is 12.8. The first-order valence-electron chi connectivity index (χ1n) is 20.1. The van der Waals surface area contributed by atoms with E-state index in [4.69, 9.17) is 30.5 Å². The summed E-state index contributed by atoms with van der Waals surface area (Å²) in [7, 11) is 0. The van der Waals surface area contributed by atoms with Gasteiger partial charge in [0.15, 0.2) is 0 Å². The summed E-state index contributed by atoms with van der Waals surface area (Å²) in [5.74, 6) is -0.248. The van der Waals surface area contributed by atoms with Gasteiger partial charge in [0.1, 0.15) is 12.2 Å². The molecule has 280 valence electrons. The van der Waals surface area contributed by atoms with Crippen molar-refractivity contribution in [3.63, 3.8) is 0 Å². The van der Waals surface area contributed by atoms with Crippen LogP contribution in [0.15, 0.2) is 170 Å². The third kappa shape index (κ3) is 10.7. The van der Waals surface area contributed by atoms with E-state index in [-0.39, 0.29) is 5.92 Å². The zero-order chi connectivity index (χ0) is 39.5. The van der Waals surface area contributed by atoms with Crippen molar-refractivity contribution < 1.29 is 21.7 Å². The second-order valence-corrected chi connectivity index (χ2v) is 14.3. The van der Waals surface area contributed by atoms with Gasteiger partial charge in [-0.25, -0.2) is 0 Å². The fourth-order valence-electron chi connectivity index (χ4n) is 6.96. The molecule has 0 N–H and O–H groups in total. The topological polar surface area (TPSA) is 36.9 Å². The number of rotatable bonds is 17. The standard InChI is InChI=1S/C50H49ClO4/c1-2-37-23-25-38(26-24-37)29-44-30-43(27-28-47(44)51)46-31-45(36-52-32-39-15-7-3-8-16-39)48(53-33-40-17-9-4-10-18-40)50(55-35-42-21-13-6-14-22-42)49(46)54-34-41-19-11-5-12-20-41/h3-28,30-31,45,48-50H,2,29,32-36H2,1H3/t45-,48-,49+,50+/m1/s1/i29D2. The molecule has 0 saturated carbocycles. The molecule has 6 aromatic carbocycles. The third-order valence-corrected chi connectivity index (χ3v) is 10.3. The van der Waals surface area contributed by atoms with Gasteiger partial charge in [-0.15, -0.1) is 0 Å². The summed E-state index contributed by atoms with van der Waals surface area (Å²) in [4.78, 5) is 0. The number of aryl methyl sites for hydroxylation is 1. The van der Waals surface area contributed by atoms with Crippen molar-refractivity contribution in [3.05, 3.63) is 219 Å². The highest BCUT2D eigenvalue weighted by atomic mass is 35.5. The van der Waals surface area contributed by atoms with Crippen LogP contribution in [0.3, 0.4) is 0 Å². The molecule has 0 bridgehead atoms. The third-order valence-electron chi connectivity index (χ3n) is 9.95. The van der Waals surface area contributed by atoms with Crippen molar-refractivity contribution in [3.8, 4) is 0 Å². The lowest BCUT2D eigenvalue weighted by molar-refractivity contribution is -0.158. The molecular formula is C50H49ClO4. The lowest BCUT2D eigenvalue weighted by Crippen LogP contribution is -2.50. The number of benzene rings is 6. The second kappa shape index (κ2) is 19.7. The van der Waals surface area contributed by atoms with Gasteiger partial charge in [-0.05, 0) is 75.0 Å². The van der Waals surface area contributed by atoms with Crippen molar-refractivity contribution in [1.82, 2.24) is 0 Å². The van der Waals surface area contributed by atoms with E-state index in [9.17, 15) is 2.74 Å². The van der Waals surface area contributed by atoms with Crippen LogP contribution in [0, 0.1) is 5.92 Å². The predicted octanol–water partition coefficient (Wildman–Crippen LogP) is 11.5. The number of hydrogen-bond donors (Lipinski definition) is 0. The molecule has 0 spiro atoms. The number of ether oxygens (including phenoxy) is 4. The van der Waals surface area contributed by atoms with Gasteiger partial charge in [-0.1, -0.05) is 176 Å². The summed E-state index contributed by atoms with van der Waals surface area (Å²) < 4.78 is 46.1. The van der Waals surface area contributed by atoms with Crippen molar-refractivity contribution in [2.24, 2.45) is 5.92 Å². The Labute approximate surface area is 334 Å². The average molecular weight is 751 g/mol. The normalized spacial score (nSPS) is 19.0. The van der Waals surface area contributed by atoms with E-state index in [0.717, 1.165) is 45.4 Å². The predicted molar refractivity (Wildman–Crippen MR) is 223 cm³/mol. The van der Waals surface area contributed by atoms with Crippen LogP contribution in [0.1, 0.15) is 54.2 Å². The molecule has 55 heavy (non-hydrogen) atoms. The lowest BCUT2D eigenvalue weighted by atomic mass is 9.80. The van der Waals surface area contributed by atoms with Crippen LogP contribution in [0.5, 0.6) is 0 Å². The van der Waals surface area contributed by atoms with Gasteiger partial charge in [-0.2, -0.15) is 0 Å². The molecule has 0 saturated heterocycles. The average Bonchev–Trinajstić information content (AvgIpc) is 3.26. The summed E-state index contributed by atoms with van der Waals surface area (Å²) >= 11 is 6.87. The van der Waals surface area contributed by atoms with Crippen LogP contribution in [-0.2, 0) is 58.2 Å². The van der Waals surface area contributed by atoms with Crippen molar-refractivity contribution in [2.45, 2.75) is 64.5 Å². The van der Waals surface area contributed by atoms with Gasteiger partial charge in [0, 0.05) is 13.7 Å². The molecule has 0 aromatic heterocycles. The highest BCUT2D eigenvalue weighted by molar-refractivity contribution is 6.31. The Morgan fingerprint density at radius 3 is 1.56 bits per heavy atom. The van der Waals surface area contributed by atoms with E-state index in [1.54, 1.807) is 6.07 Å². The fourth-order valence-corrected chi connectivity index (χ4v) is 7.13. The Balaban J connectivity index is 1.32. The van der Waals surface area contributed by atoms with Crippen LogP contribution >= 0.6 is 11.6 Å². The Hall–Kier alpha value is -4.81. The minimum absolute atomic E-state index is 0.248. The highest BCUT2D eigenvalue weighted by Crippen LogP contribution is 2.39. The van der Waals surface area contributed by atoms with Gasteiger partial charge < -0.3 is 18.9 Å². The Morgan fingerprint density at radius 2 is 1.02 bits per heavy atom. The summed E-state index contributed by atoms with van der Waals surface area (Å²) in [6, 6.07) is 53.8. The largest absolute Gasteiger partial charge is 0.376 e. The van der Waals surface area contributed by atoms with Crippen LogP contribution < -0.4 is 0 Å². The first-order chi connectivity index (χ1) is 27.9. The molecule has 7 rings (SSSR count). The molecule has 1 aliphatic carbocycles. The fraction of sp³-hybridized carbons (Fsp3) is 0.240. The molecule has 0 heterocycles. The first-order valence-corrected chi connectivity index (χ1v) is 19.5. The van der Waals surface area contributed by atoms with Crippen LogP contribution in [0.2, 0.25) is 5.02 Å². The van der Waals surface area contributed by atoms with Gasteiger partial charge in [0.25, 0.3) is 0 Å². The van der Waals surface area contributed by atoms with E-state index < -0.39 is 24.7 Å². The van der Waals surface area contributed by atoms with E-state index in [1.807, 2.05) is 109 Å². The summed E-state index contributed by atoms with van der Waals surface area (Å²) in [5.41, 5.74) is 7.92. The molecule has 0 fully saturated rings. The van der Waals surface area contributed by atoms with Crippen molar-refractivity contribution >= 4 is 17.2 Å². The zero-order valence-electron chi connectivity index (χ0n) is 33.2.